The Morgan fingerprint density at radius 1 is 1.00 bits per heavy atom. The third-order valence-corrected chi connectivity index (χ3v) is 3.62. The average molecular weight is 198 g/mol. The molecule has 0 aliphatic rings. The molecule has 0 fully saturated rings. The fourth-order valence-corrected chi connectivity index (χ4v) is 2.98. The third kappa shape index (κ3) is 0.992. The molecule has 3 aromatic rings. The van der Waals surface area contributed by atoms with Gasteiger partial charge in [0.05, 0.1) is 0 Å². The van der Waals surface area contributed by atoms with Crippen LogP contribution in [0.4, 0.5) is 0 Å². The van der Waals surface area contributed by atoms with Gasteiger partial charge in [-0.15, -0.1) is 11.3 Å². The molecule has 0 spiro atoms. The van der Waals surface area contributed by atoms with E-state index in [0.29, 0.717) is 0 Å². The molecule has 0 saturated carbocycles. The van der Waals surface area contributed by atoms with Crippen molar-refractivity contribution in [3.05, 3.63) is 47.3 Å². The predicted molar refractivity (Wildman–Crippen MR) is 64.1 cm³/mol. The molecule has 0 bridgehead atoms. The van der Waals surface area contributed by atoms with Gasteiger partial charge in [0, 0.05) is 4.70 Å². The molecule has 2 aromatic carbocycles. The molecule has 0 atom stereocenters. The molecule has 68 valence electrons. The fraction of sp³-hybridized carbons (Fsp3) is 0.0769. The molecule has 1 heteroatoms. The molecule has 0 radical (unpaired) electrons. The highest BCUT2D eigenvalue weighted by Crippen LogP contribution is 2.31. The lowest BCUT2D eigenvalue weighted by atomic mass is 10.0. The van der Waals surface area contributed by atoms with Crippen LogP contribution >= 0.6 is 11.3 Å². The van der Waals surface area contributed by atoms with E-state index in [4.69, 9.17) is 0 Å². The van der Waals surface area contributed by atoms with Gasteiger partial charge in [0.1, 0.15) is 0 Å². The molecule has 1 heterocycles. The average Bonchev–Trinajstić information content (AvgIpc) is 2.67. The number of aryl methyl sites for hydroxylation is 1. The lowest BCUT2D eigenvalue weighted by Crippen LogP contribution is -1.76. The van der Waals surface area contributed by atoms with Crippen LogP contribution in [0.25, 0.3) is 20.9 Å². The van der Waals surface area contributed by atoms with Crippen LogP contribution < -0.4 is 0 Å². The second-order valence-corrected chi connectivity index (χ2v) is 4.49. The molecule has 0 N–H and O–H groups in total. The van der Waals surface area contributed by atoms with Gasteiger partial charge in [0.2, 0.25) is 0 Å². The van der Waals surface area contributed by atoms with E-state index in [1.807, 2.05) is 11.3 Å². The molecule has 0 amide bonds. The topological polar surface area (TPSA) is 0 Å². The van der Waals surface area contributed by atoms with Crippen molar-refractivity contribution in [2.75, 3.05) is 0 Å². The summed E-state index contributed by atoms with van der Waals surface area (Å²) in [5.74, 6) is 0. The second kappa shape index (κ2) is 2.82. The van der Waals surface area contributed by atoms with Crippen LogP contribution in [0.15, 0.2) is 41.8 Å². The van der Waals surface area contributed by atoms with E-state index in [1.54, 1.807) is 0 Å². The molecule has 0 nitrogen and oxygen atoms in total. The van der Waals surface area contributed by atoms with Gasteiger partial charge in [-0.25, -0.2) is 0 Å². The molecule has 0 aliphatic heterocycles. The molecule has 0 aliphatic carbocycles. The Morgan fingerprint density at radius 3 is 2.79 bits per heavy atom. The summed E-state index contributed by atoms with van der Waals surface area (Å²) in [6.45, 7) is 2.18. The smallest absolute Gasteiger partial charge is 0.0423 e. The maximum atomic E-state index is 2.27. The quantitative estimate of drug-likeness (QED) is 0.503. The predicted octanol–water partition coefficient (Wildman–Crippen LogP) is 4.36. The Hall–Kier alpha value is -1.34. The largest absolute Gasteiger partial charge is 0.143 e. The van der Waals surface area contributed by atoms with E-state index in [9.17, 15) is 0 Å². The van der Waals surface area contributed by atoms with Crippen LogP contribution in [0.2, 0.25) is 0 Å². The van der Waals surface area contributed by atoms with Crippen LogP contribution in [0.5, 0.6) is 0 Å². The minimum atomic E-state index is 1.35. The third-order valence-electron chi connectivity index (χ3n) is 2.67. The minimum absolute atomic E-state index is 1.35. The van der Waals surface area contributed by atoms with Crippen LogP contribution in [0.3, 0.4) is 0 Å². The van der Waals surface area contributed by atoms with Crippen molar-refractivity contribution in [3.63, 3.8) is 0 Å². The van der Waals surface area contributed by atoms with Crippen molar-refractivity contribution in [2.45, 2.75) is 6.92 Å². The van der Waals surface area contributed by atoms with Gasteiger partial charge in [0.25, 0.3) is 0 Å². The van der Waals surface area contributed by atoms with Gasteiger partial charge in [-0.3, -0.25) is 0 Å². The first-order chi connectivity index (χ1) is 6.86. The van der Waals surface area contributed by atoms with Gasteiger partial charge in [-0.05, 0) is 40.1 Å². The number of fused-ring (bicyclic) bond motifs is 3. The highest BCUT2D eigenvalue weighted by molar-refractivity contribution is 7.18. The number of thiophene rings is 1. The van der Waals surface area contributed by atoms with E-state index >= 15 is 0 Å². The molecule has 0 saturated heterocycles. The lowest BCUT2D eigenvalue weighted by molar-refractivity contribution is 1.57. The zero-order valence-electron chi connectivity index (χ0n) is 7.95. The summed E-state index contributed by atoms with van der Waals surface area (Å²) in [7, 11) is 0. The zero-order chi connectivity index (χ0) is 9.54. The molecule has 1 aromatic heterocycles. The van der Waals surface area contributed by atoms with Gasteiger partial charge in [-0.2, -0.15) is 0 Å². The van der Waals surface area contributed by atoms with Gasteiger partial charge < -0.3 is 0 Å². The van der Waals surface area contributed by atoms with E-state index in [-0.39, 0.29) is 0 Å². The first-order valence-electron chi connectivity index (χ1n) is 4.72. The van der Waals surface area contributed by atoms with Crippen molar-refractivity contribution in [3.8, 4) is 0 Å². The Morgan fingerprint density at radius 2 is 1.86 bits per heavy atom. The van der Waals surface area contributed by atoms with Crippen LogP contribution in [0, 0.1) is 6.92 Å². The summed E-state index contributed by atoms with van der Waals surface area (Å²) in [5, 5.41) is 6.29. The van der Waals surface area contributed by atoms with E-state index in [0.717, 1.165) is 0 Å². The maximum Gasteiger partial charge on any atom is 0.0423 e. The van der Waals surface area contributed by atoms with Gasteiger partial charge in [0.15, 0.2) is 0 Å². The first-order valence-corrected chi connectivity index (χ1v) is 5.60. The summed E-state index contributed by atoms with van der Waals surface area (Å²) in [6, 6.07) is 13.1. The van der Waals surface area contributed by atoms with Gasteiger partial charge in [-0.1, -0.05) is 30.3 Å². The summed E-state index contributed by atoms with van der Waals surface area (Å²) in [5.41, 5.74) is 1.37. The summed E-state index contributed by atoms with van der Waals surface area (Å²) < 4.78 is 1.42. The van der Waals surface area contributed by atoms with E-state index in [1.165, 1.54) is 26.4 Å². The maximum absolute atomic E-state index is 2.27. The molecule has 14 heavy (non-hydrogen) atoms. The lowest BCUT2D eigenvalue weighted by Gasteiger charge is -2.02. The monoisotopic (exact) mass is 198 g/mol. The molecule has 3 rings (SSSR count). The van der Waals surface area contributed by atoms with Crippen molar-refractivity contribution in [1.29, 1.82) is 0 Å². The van der Waals surface area contributed by atoms with Crippen molar-refractivity contribution >= 4 is 32.2 Å². The zero-order valence-corrected chi connectivity index (χ0v) is 8.77. The molecule has 0 unspecified atom stereocenters. The fourth-order valence-electron chi connectivity index (χ4n) is 1.97. The highest BCUT2D eigenvalue weighted by Gasteiger charge is 2.03. The SMILES string of the molecule is Cc1cc2ccccc2c2sccc12. The second-order valence-electron chi connectivity index (χ2n) is 3.58. The van der Waals surface area contributed by atoms with Crippen LogP contribution in [-0.2, 0) is 0 Å². The van der Waals surface area contributed by atoms with Gasteiger partial charge >= 0.3 is 0 Å². The number of hydrogen-bond donors (Lipinski definition) is 0. The number of hydrogen-bond acceptors (Lipinski definition) is 1. The van der Waals surface area contributed by atoms with Crippen molar-refractivity contribution < 1.29 is 0 Å². The highest BCUT2D eigenvalue weighted by atomic mass is 32.1. The summed E-state index contributed by atoms with van der Waals surface area (Å²) >= 11 is 1.83. The molecular formula is C13H10S. The Bertz CT molecular complexity index is 605. The summed E-state index contributed by atoms with van der Waals surface area (Å²) in [4.78, 5) is 0. The Labute approximate surface area is 86.8 Å². The Kier molecular flexibility index (Phi) is 1.62. The Balaban J connectivity index is 2.66. The first kappa shape index (κ1) is 8.01. The minimum Gasteiger partial charge on any atom is -0.143 e. The summed E-state index contributed by atoms with van der Waals surface area (Å²) in [6.07, 6.45) is 0. The van der Waals surface area contributed by atoms with Crippen LogP contribution in [-0.4, -0.2) is 0 Å². The molecular weight excluding hydrogens is 188 g/mol. The van der Waals surface area contributed by atoms with Crippen molar-refractivity contribution in [1.82, 2.24) is 0 Å². The number of rotatable bonds is 0. The van der Waals surface area contributed by atoms with E-state index < -0.39 is 0 Å². The standard InChI is InChI=1S/C13H10S/c1-9-8-10-4-2-3-5-12(10)13-11(9)6-7-14-13/h2-8H,1H3. The van der Waals surface area contributed by atoms with E-state index in [2.05, 4.69) is 48.7 Å². The van der Waals surface area contributed by atoms with Crippen molar-refractivity contribution in [2.24, 2.45) is 0 Å². The van der Waals surface area contributed by atoms with Crippen LogP contribution in [0.1, 0.15) is 5.56 Å². The number of benzene rings is 2. The normalized spacial score (nSPS) is 11.2.